The van der Waals surface area contributed by atoms with Crippen LogP contribution in [0.15, 0.2) is 59.4 Å². The smallest absolute Gasteiger partial charge is 0.276 e. The van der Waals surface area contributed by atoms with Crippen LogP contribution < -0.4 is 5.56 Å². The van der Waals surface area contributed by atoms with E-state index < -0.39 is 0 Å². The molecule has 25 heavy (non-hydrogen) atoms. The zero-order valence-electron chi connectivity index (χ0n) is 14.0. The fourth-order valence-corrected chi connectivity index (χ4v) is 3.32. The summed E-state index contributed by atoms with van der Waals surface area (Å²) in [6.07, 6.45) is 0.655. The largest absolute Gasteiger partial charge is 0.334 e. The van der Waals surface area contributed by atoms with Gasteiger partial charge in [0.1, 0.15) is 0 Å². The minimum atomic E-state index is -0.0801. The van der Waals surface area contributed by atoms with Gasteiger partial charge in [-0.25, -0.2) is 4.68 Å². The first-order valence-electron chi connectivity index (χ1n) is 8.38. The first-order chi connectivity index (χ1) is 12.1. The summed E-state index contributed by atoms with van der Waals surface area (Å²) in [6.45, 7) is 2.88. The highest BCUT2D eigenvalue weighted by Gasteiger charge is 2.27. The van der Waals surface area contributed by atoms with Crippen molar-refractivity contribution in [3.05, 3.63) is 87.3 Å². The minimum absolute atomic E-state index is 0.0180. The van der Waals surface area contributed by atoms with Crippen molar-refractivity contribution in [3.63, 3.8) is 0 Å². The van der Waals surface area contributed by atoms with Crippen LogP contribution in [-0.2, 0) is 13.0 Å². The Bertz CT molecular complexity index is 986. The number of fused-ring (bicyclic) bond motifs is 1. The summed E-state index contributed by atoms with van der Waals surface area (Å²) in [5.74, 6) is -0.0180. The number of nitrogens with zero attached hydrogens (tertiary/aromatic N) is 2. The van der Waals surface area contributed by atoms with E-state index in [-0.39, 0.29) is 11.5 Å². The first kappa shape index (κ1) is 15.4. The van der Waals surface area contributed by atoms with Gasteiger partial charge in [0.25, 0.3) is 11.5 Å². The second kappa shape index (κ2) is 6.09. The normalized spacial score (nSPS) is 13.6. The maximum absolute atomic E-state index is 12.8. The average molecular weight is 333 g/mol. The van der Waals surface area contributed by atoms with E-state index in [1.54, 1.807) is 9.58 Å². The number of aryl methyl sites for hydroxylation is 1. The van der Waals surface area contributed by atoms with Crippen LogP contribution in [0.4, 0.5) is 0 Å². The van der Waals surface area contributed by atoms with E-state index in [4.69, 9.17) is 0 Å². The lowest BCUT2D eigenvalue weighted by Crippen LogP contribution is -2.37. The molecule has 1 amide bonds. The van der Waals surface area contributed by atoms with Gasteiger partial charge in [0.15, 0.2) is 0 Å². The molecule has 0 radical (unpaired) electrons. The molecule has 5 nitrogen and oxygen atoms in total. The van der Waals surface area contributed by atoms with E-state index >= 15 is 0 Å². The molecule has 126 valence electrons. The molecule has 2 aromatic carbocycles. The molecule has 1 aromatic heterocycles. The second-order valence-electron chi connectivity index (χ2n) is 6.34. The highest BCUT2D eigenvalue weighted by molar-refractivity contribution is 5.95. The highest BCUT2D eigenvalue weighted by Crippen LogP contribution is 2.19. The van der Waals surface area contributed by atoms with Gasteiger partial charge in [-0.15, -0.1) is 0 Å². The molecule has 0 spiro atoms. The molecular weight excluding hydrogens is 314 g/mol. The fourth-order valence-electron chi connectivity index (χ4n) is 3.32. The second-order valence-corrected chi connectivity index (χ2v) is 6.34. The van der Waals surface area contributed by atoms with Crippen molar-refractivity contribution in [2.24, 2.45) is 0 Å². The predicted octanol–water partition coefficient (Wildman–Crippen LogP) is 2.67. The highest BCUT2D eigenvalue weighted by atomic mass is 16.2. The number of hydrogen-bond donors (Lipinski definition) is 1. The van der Waals surface area contributed by atoms with E-state index in [0.29, 0.717) is 30.6 Å². The molecule has 0 saturated heterocycles. The maximum atomic E-state index is 12.8. The Morgan fingerprint density at radius 1 is 1.04 bits per heavy atom. The number of para-hydroxylation sites is 1. The number of aromatic amines is 1. The summed E-state index contributed by atoms with van der Waals surface area (Å²) < 4.78 is 1.56. The molecule has 0 bridgehead atoms. The standard InChI is InChI=1S/C20H19N3O2/c1-14-7-5-6-10-16(14)19(24)22-12-11-18-17(13-22)20(25)23(21-18)15-8-3-2-4-9-15/h2-10,21H,11-13H2,1H3. The third-order valence-electron chi connectivity index (χ3n) is 4.73. The quantitative estimate of drug-likeness (QED) is 0.784. The first-order valence-corrected chi connectivity index (χ1v) is 8.38. The van der Waals surface area contributed by atoms with Crippen LogP contribution in [-0.4, -0.2) is 27.1 Å². The Morgan fingerprint density at radius 2 is 1.76 bits per heavy atom. The lowest BCUT2D eigenvalue weighted by atomic mass is 10.0. The molecule has 0 saturated carbocycles. The third kappa shape index (κ3) is 2.67. The number of nitrogens with one attached hydrogen (secondary N) is 1. The minimum Gasteiger partial charge on any atom is -0.334 e. The number of carbonyl (C=O) groups excluding carboxylic acids is 1. The Labute approximate surface area is 145 Å². The zero-order chi connectivity index (χ0) is 17.4. The molecule has 0 unspecified atom stereocenters. The SMILES string of the molecule is Cc1ccccc1C(=O)N1CCc2[nH]n(-c3ccccc3)c(=O)c2C1. The van der Waals surface area contributed by atoms with Crippen LogP contribution in [0, 0.1) is 6.92 Å². The van der Waals surface area contributed by atoms with Crippen LogP contribution >= 0.6 is 0 Å². The number of benzene rings is 2. The van der Waals surface area contributed by atoms with Crippen molar-refractivity contribution in [1.29, 1.82) is 0 Å². The van der Waals surface area contributed by atoms with Gasteiger partial charge in [0.05, 0.1) is 17.8 Å². The van der Waals surface area contributed by atoms with Crippen molar-refractivity contribution < 1.29 is 4.79 Å². The lowest BCUT2D eigenvalue weighted by Gasteiger charge is -2.26. The van der Waals surface area contributed by atoms with Crippen molar-refractivity contribution in [1.82, 2.24) is 14.7 Å². The number of rotatable bonds is 2. The number of hydrogen-bond acceptors (Lipinski definition) is 2. The van der Waals surface area contributed by atoms with E-state index in [9.17, 15) is 9.59 Å². The van der Waals surface area contributed by atoms with Crippen molar-refractivity contribution in [2.45, 2.75) is 19.9 Å². The van der Waals surface area contributed by atoms with Crippen LogP contribution in [0.3, 0.4) is 0 Å². The predicted molar refractivity (Wildman–Crippen MR) is 96.0 cm³/mol. The third-order valence-corrected chi connectivity index (χ3v) is 4.73. The average Bonchev–Trinajstić information content (AvgIpc) is 2.98. The Kier molecular flexibility index (Phi) is 3.76. The lowest BCUT2D eigenvalue weighted by molar-refractivity contribution is 0.0733. The summed E-state index contributed by atoms with van der Waals surface area (Å²) in [4.78, 5) is 27.4. The van der Waals surface area contributed by atoms with Crippen LogP contribution in [0.25, 0.3) is 5.69 Å². The van der Waals surface area contributed by atoms with Crippen molar-refractivity contribution >= 4 is 5.91 Å². The van der Waals surface area contributed by atoms with Gasteiger partial charge in [-0.3, -0.25) is 14.7 Å². The van der Waals surface area contributed by atoms with Crippen LogP contribution in [0.2, 0.25) is 0 Å². The number of aromatic nitrogens is 2. The zero-order valence-corrected chi connectivity index (χ0v) is 14.0. The molecule has 1 N–H and O–H groups in total. The molecule has 0 fully saturated rings. The maximum Gasteiger partial charge on any atom is 0.276 e. The van der Waals surface area contributed by atoms with E-state index in [2.05, 4.69) is 5.10 Å². The number of H-pyrrole nitrogens is 1. The molecule has 0 aliphatic carbocycles. The number of carbonyl (C=O) groups is 1. The summed E-state index contributed by atoms with van der Waals surface area (Å²) in [6, 6.07) is 17.1. The van der Waals surface area contributed by atoms with Crippen molar-refractivity contribution in [2.75, 3.05) is 6.54 Å². The Hall–Kier alpha value is -3.08. The molecule has 1 aliphatic heterocycles. The van der Waals surface area contributed by atoms with Crippen molar-refractivity contribution in [3.8, 4) is 5.69 Å². The van der Waals surface area contributed by atoms with E-state index in [1.165, 1.54) is 0 Å². The summed E-state index contributed by atoms with van der Waals surface area (Å²) >= 11 is 0. The van der Waals surface area contributed by atoms with Crippen LogP contribution in [0.1, 0.15) is 27.2 Å². The molecule has 0 atom stereocenters. The Morgan fingerprint density at radius 3 is 2.52 bits per heavy atom. The Balaban J connectivity index is 1.66. The fraction of sp³-hybridized carbons (Fsp3) is 0.200. The van der Waals surface area contributed by atoms with Gasteiger partial charge in [-0.05, 0) is 30.7 Å². The van der Waals surface area contributed by atoms with Gasteiger partial charge in [0.2, 0.25) is 0 Å². The number of amides is 1. The van der Waals surface area contributed by atoms with Gasteiger partial charge in [0, 0.05) is 24.2 Å². The molecule has 5 heteroatoms. The van der Waals surface area contributed by atoms with E-state index in [1.807, 2.05) is 61.5 Å². The summed E-state index contributed by atoms with van der Waals surface area (Å²) in [5, 5.41) is 3.20. The van der Waals surface area contributed by atoms with Gasteiger partial charge >= 0.3 is 0 Å². The summed E-state index contributed by atoms with van der Waals surface area (Å²) in [7, 11) is 0. The summed E-state index contributed by atoms with van der Waals surface area (Å²) in [5.41, 5.74) is 3.97. The van der Waals surface area contributed by atoms with Gasteiger partial charge < -0.3 is 4.90 Å². The molecule has 3 aromatic rings. The van der Waals surface area contributed by atoms with Gasteiger partial charge in [-0.1, -0.05) is 36.4 Å². The molecule has 4 rings (SSSR count). The molecule has 1 aliphatic rings. The van der Waals surface area contributed by atoms with E-state index in [0.717, 1.165) is 16.9 Å². The monoisotopic (exact) mass is 333 g/mol. The molecular formula is C20H19N3O2. The topological polar surface area (TPSA) is 58.1 Å². The van der Waals surface area contributed by atoms with Crippen LogP contribution in [0.5, 0.6) is 0 Å². The molecule has 2 heterocycles. The van der Waals surface area contributed by atoms with Gasteiger partial charge in [-0.2, -0.15) is 0 Å².